The Labute approximate surface area is 171 Å². The fourth-order valence-corrected chi connectivity index (χ4v) is 3.49. The van der Waals surface area contributed by atoms with Crippen molar-refractivity contribution in [1.82, 2.24) is 5.32 Å². The molecular formula is C23H27N3O3. The molecule has 1 atom stereocenters. The van der Waals surface area contributed by atoms with Gasteiger partial charge < -0.3 is 15.5 Å². The van der Waals surface area contributed by atoms with Crippen LogP contribution in [0.4, 0.5) is 11.4 Å². The summed E-state index contributed by atoms with van der Waals surface area (Å²) in [5.74, 6) is -1.03. The Bertz CT molecular complexity index is 952. The van der Waals surface area contributed by atoms with Crippen LogP contribution < -0.4 is 15.5 Å². The van der Waals surface area contributed by atoms with E-state index >= 15 is 0 Å². The predicted molar refractivity (Wildman–Crippen MR) is 114 cm³/mol. The Morgan fingerprint density at radius 1 is 1.10 bits per heavy atom. The van der Waals surface area contributed by atoms with Gasteiger partial charge in [0.2, 0.25) is 11.8 Å². The van der Waals surface area contributed by atoms with Crippen molar-refractivity contribution < 1.29 is 14.4 Å². The van der Waals surface area contributed by atoms with Gasteiger partial charge in [-0.15, -0.1) is 0 Å². The van der Waals surface area contributed by atoms with Gasteiger partial charge in [-0.2, -0.15) is 0 Å². The van der Waals surface area contributed by atoms with E-state index in [2.05, 4.69) is 10.6 Å². The molecule has 0 aliphatic carbocycles. The lowest BCUT2D eigenvalue weighted by molar-refractivity contribution is -0.122. The van der Waals surface area contributed by atoms with Gasteiger partial charge in [0.15, 0.2) is 0 Å². The number of aryl methyl sites for hydroxylation is 2. The summed E-state index contributed by atoms with van der Waals surface area (Å²) in [6.45, 7) is 8.03. The summed E-state index contributed by atoms with van der Waals surface area (Å²) < 4.78 is 0. The summed E-state index contributed by atoms with van der Waals surface area (Å²) in [7, 11) is 0. The van der Waals surface area contributed by atoms with Gasteiger partial charge in [-0.05, 0) is 57.0 Å². The van der Waals surface area contributed by atoms with Gasteiger partial charge in [0, 0.05) is 24.7 Å². The second-order valence-corrected chi connectivity index (χ2v) is 7.86. The molecule has 0 saturated carbocycles. The van der Waals surface area contributed by atoms with E-state index in [1.165, 1.54) is 0 Å². The number of benzene rings is 2. The zero-order valence-electron chi connectivity index (χ0n) is 17.3. The zero-order valence-corrected chi connectivity index (χ0v) is 17.3. The largest absolute Gasteiger partial charge is 0.350 e. The van der Waals surface area contributed by atoms with Gasteiger partial charge in [0.1, 0.15) is 0 Å². The molecule has 2 aromatic carbocycles. The van der Waals surface area contributed by atoms with Crippen molar-refractivity contribution in [1.29, 1.82) is 0 Å². The van der Waals surface area contributed by atoms with Crippen LogP contribution in [0.1, 0.15) is 41.8 Å². The molecule has 1 fully saturated rings. The molecule has 0 spiro atoms. The minimum atomic E-state index is -0.469. The highest BCUT2D eigenvalue weighted by atomic mass is 16.2. The summed E-state index contributed by atoms with van der Waals surface area (Å²) in [5.41, 5.74) is 3.78. The molecule has 6 heteroatoms. The first kappa shape index (κ1) is 20.6. The number of rotatable bonds is 5. The van der Waals surface area contributed by atoms with Crippen LogP contribution >= 0.6 is 0 Å². The van der Waals surface area contributed by atoms with Crippen LogP contribution in [-0.4, -0.2) is 30.3 Å². The highest BCUT2D eigenvalue weighted by Gasteiger charge is 2.36. The van der Waals surface area contributed by atoms with Crippen molar-refractivity contribution in [2.45, 2.75) is 40.2 Å². The quantitative estimate of drug-likeness (QED) is 0.817. The van der Waals surface area contributed by atoms with Gasteiger partial charge in [-0.3, -0.25) is 14.4 Å². The Morgan fingerprint density at radius 2 is 1.83 bits per heavy atom. The lowest BCUT2D eigenvalue weighted by atomic mass is 10.1. The molecule has 1 heterocycles. The first-order valence-electron chi connectivity index (χ1n) is 9.84. The third-order valence-corrected chi connectivity index (χ3v) is 5.00. The SMILES string of the molecule is Cc1ccc(C)c(N2CC(C(=O)Nc3ccccc3C(=O)NC(C)C)CC2=O)c1. The Kier molecular flexibility index (Phi) is 6.01. The van der Waals surface area contributed by atoms with Crippen LogP contribution in [0, 0.1) is 19.8 Å². The van der Waals surface area contributed by atoms with Gasteiger partial charge in [0.25, 0.3) is 5.91 Å². The molecule has 2 N–H and O–H groups in total. The minimum Gasteiger partial charge on any atom is -0.350 e. The lowest BCUT2D eigenvalue weighted by Gasteiger charge is -2.20. The average Bonchev–Trinajstić information content (AvgIpc) is 3.05. The molecule has 0 radical (unpaired) electrons. The van der Waals surface area contributed by atoms with Crippen molar-refractivity contribution in [3.05, 3.63) is 59.2 Å². The number of amides is 3. The van der Waals surface area contributed by atoms with Crippen LogP contribution in [0.5, 0.6) is 0 Å². The van der Waals surface area contributed by atoms with E-state index in [9.17, 15) is 14.4 Å². The van der Waals surface area contributed by atoms with Gasteiger partial charge in [0.05, 0.1) is 17.2 Å². The molecule has 29 heavy (non-hydrogen) atoms. The third-order valence-electron chi connectivity index (χ3n) is 5.00. The van der Waals surface area contributed by atoms with E-state index in [4.69, 9.17) is 0 Å². The summed E-state index contributed by atoms with van der Waals surface area (Å²) in [6.07, 6.45) is 0.152. The molecule has 1 unspecified atom stereocenters. The number of carbonyl (C=O) groups is 3. The number of hydrogen-bond donors (Lipinski definition) is 2. The Balaban J connectivity index is 1.75. The summed E-state index contributed by atoms with van der Waals surface area (Å²) >= 11 is 0. The van der Waals surface area contributed by atoms with Crippen LogP contribution in [0.15, 0.2) is 42.5 Å². The van der Waals surface area contributed by atoms with Gasteiger partial charge in [-0.1, -0.05) is 24.3 Å². The van der Waals surface area contributed by atoms with Crippen molar-refractivity contribution in [2.75, 3.05) is 16.8 Å². The van der Waals surface area contributed by atoms with Crippen LogP contribution in [-0.2, 0) is 9.59 Å². The van der Waals surface area contributed by atoms with E-state index in [0.29, 0.717) is 17.8 Å². The van der Waals surface area contributed by atoms with E-state index in [1.807, 2.05) is 45.9 Å². The Hall–Kier alpha value is -3.15. The maximum absolute atomic E-state index is 12.9. The standard InChI is InChI=1S/C23H27N3O3/c1-14(2)24-23(29)18-7-5-6-8-19(18)25-22(28)17-12-21(27)26(13-17)20-11-15(3)9-10-16(20)4/h5-11,14,17H,12-13H2,1-4H3,(H,24,29)(H,25,28). The third kappa shape index (κ3) is 4.65. The predicted octanol–water partition coefficient (Wildman–Crippen LogP) is 3.43. The van der Waals surface area contributed by atoms with Crippen LogP contribution in [0.2, 0.25) is 0 Å². The van der Waals surface area contributed by atoms with Crippen molar-refractivity contribution in [3.8, 4) is 0 Å². The number of nitrogens with one attached hydrogen (secondary N) is 2. The minimum absolute atomic E-state index is 0.00941. The Morgan fingerprint density at radius 3 is 2.55 bits per heavy atom. The van der Waals surface area contributed by atoms with E-state index in [1.54, 1.807) is 29.2 Å². The molecule has 2 aromatic rings. The molecular weight excluding hydrogens is 366 g/mol. The first-order valence-corrected chi connectivity index (χ1v) is 9.84. The molecule has 3 amide bonds. The van der Waals surface area contributed by atoms with Gasteiger partial charge >= 0.3 is 0 Å². The smallest absolute Gasteiger partial charge is 0.253 e. The molecule has 1 aliphatic heterocycles. The number of nitrogens with zero attached hydrogens (tertiary/aromatic N) is 1. The monoisotopic (exact) mass is 393 g/mol. The van der Waals surface area contributed by atoms with Gasteiger partial charge in [-0.25, -0.2) is 0 Å². The zero-order chi connectivity index (χ0) is 21.1. The second kappa shape index (κ2) is 8.47. The highest BCUT2D eigenvalue weighted by molar-refractivity contribution is 6.07. The van der Waals surface area contributed by atoms with Crippen LogP contribution in [0.25, 0.3) is 0 Å². The summed E-state index contributed by atoms with van der Waals surface area (Å²) in [5, 5.41) is 5.68. The topological polar surface area (TPSA) is 78.5 Å². The number of hydrogen-bond acceptors (Lipinski definition) is 3. The molecule has 0 aromatic heterocycles. The van der Waals surface area contributed by atoms with Crippen molar-refractivity contribution >= 4 is 29.1 Å². The molecule has 0 bridgehead atoms. The highest BCUT2D eigenvalue weighted by Crippen LogP contribution is 2.29. The molecule has 6 nitrogen and oxygen atoms in total. The fourth-order valence-electron chi connectivity index (χ4n) is 3.49. The number of anilines is 2. The molecule has 152 valence electrons. The maximum atomic E-state index is 12.9. The molecule has 1 saturated heterocycles. The number of carbonyl (C=O) groups excluding carboxylic acids is 3. The first-order chi connectivity index (χ1) is 13.8. The number of para-hydroxylation sites is 1. The lowest BCUT2D eigenvalue weighted by Crippen LogP contribution is -2.32. The van der Waals surface area contributed by atoms with Crippen molar-refractivity contribution in [2.24, 2.45) is 5.92 Å². The maximum Gasteiger partial charge on any atom is 0.253 e. The summed E-state index contributed by atoms with van der Waals surface area (Å²) in [4.78, 5) is 39.5. The van der Waals surface area contributed by atoms with E-state index in [0.717, 1.165) is 16.8 Å². The normalized spacial score (nSPS) is 16.2. The van der Waals surface area contributed by atoms with E-state index < -0.39 is 5.92 Å². The molecule has 1 aliphatic rings. The second-order valence-electron chi connectivity index (χ2n) is 7.86. The molecule has 3 rings (SSSR count). The summed E-state index contributed by atoms with van der Waals surface area (Å²) in [6, 6.07) is 12.8. The van der Waals surface area contributed by atoms with E-state index in [-0.39, 0.29) is 30.2 Å². The van der Waals surface area contributed by atoms with Crippen molar-refractivity contribution in [3.63, 3.8) is 0 Å². The van der Waals surface area contributed by atoms with Crippen LogP contribution in [0.3, 0.4) is 0 Å². The fraction of sp³-hybridized carbons (Fsp3) is 0.348. The average molecular weight is 393 g/mol.